The number of aromatic amines is 1. The summed E-state index contributed by atoms with van der Waals surface area (Å²) in [6.45, 7) is 3.04. The van der Waals surface area contributed by atoms with Crippen molar-refractivity contribution in [3.8, 4) is 0 Å². The molecule has 1 aromatic rings. The molecule has 0 aliphatic rings. The first-order valence-corrected chi connectivity index (χ1v) is 4.04. The van der Waals surface area contributed by atoms with Crippen LogP contribution in [0.2, 0.25) is 0 Å². The van der Waals surface area contributed by atoms with Crippen molar-refractivity contribution in [1.82, 2.24) is 19.7 Å². The Labute approximate surface area is 71.2 Å². The van der Waals surface area contributed by atoms with Gasteiger partial charge in [-0.25, -0.2) is 0 Å². The first-order chi connectivity index (χ1) is 5.56. The lowest BCUT2D eigenvalue weighted by Crippen LogP contribution is -2.53. The molecular weight excluding hydrogens is 156 g/mol. The van der Waals surface area contributed by atoms with E-state index in [1.54, 1.807) is 4.91 Å². The fourth-order valence-electron chi connectivity index (χ4n) is 1.18. The van der Waals surface area contributed by atoms with Gasteiger partial charge in [-0.05, 0) is 11.3 Å². The number of nitrogens with zero attached hydrogens (tertiary/aromatic N) is 3. The van der Waals surface area contributed by atoms with Crippen molar-refractivity contribution >= 4 is 0 Å². The molecule has 1 aromatic heterocycles. The molecule has 12 heavy (non-hydrogen) atoms. The van der Waals surface area contributed by atoms with Gasteiger partial charge in [0, 0.05) is 0 Å². The van der Waals surface area contributed by atoms with Crippen LogP contribution in [0.3, 0.4) is 0 Å². The van der Waals surface area contributed by atoms with Gasteiger partial charge in [-0.1, -0.05) is 6.92 Å². The normalized spacial score (nSPS) is 11.9. The first kappa shape index (κ1) is 8.99. The van der Waals surface area contributed by atoms with Crippen LogP contribution in [0.25, 0.3) is 0 Å². The highest BCUT2D eigenvalue weighted by Gasteiger charge is 2.17. The molecule has 5 heteroatoms. The molecule has 0 amide bonds. The number of hydrogen-bond acceptors (Lipinski definition) is 2. The molecule has 0 saturated heterocycles. The van der Waals surface area contributed by atoms with E-state index in [-0.39, 0.29) is 5.56 Å². The zero-order chi connectivity index (χ0) is 9.19. The third kappa shape index (κ3) is 1.73. The summed E-state index contributed by atoms with van der Waals surface area (Å²) in [4.78, 5) is 12.4. The van der Waals surface area contributed by atoms with Crippen LogP contribution in [0, 0.1) is 0 Å². The van der Waals surface area contributed by atoms with E-state index in [9.17, 15) is 4.79 Å². The molecule has 1 N–H and O–H groups in total. The van der Waals surface area contributed by atoms with E-state index in [0.717, 1.165) is 13.0 Å². The van der Waals surface area contributed by atoms with E-state index in [0.29, 0.717) is 4.59 Å². The minimum atomic E-state index is -0.155. The molecule has 0 bridgehead atoms. The molecule has 68 valence electrons. The Morgan fingerprint density at radius 3 is 2.75 bits per heavy atom. The largest absolute Gasteiger partial charge is 0.288 e. The molecule has 0 aliphatic heterocycles. The molecular formula is C7H15N4O+. The fraction of sp³-hybridized carbons (Fsp3) is 0.714. The summed E-state index contributed by atoms with van der Waals surface area (Å²) in [6, 6.07) is 0. The number of hydrogen-bond donors (Lipinski definition) is 1. The predicted octanol–water partition coefficient (Wildman–Crippen LogP) is -0.320. The van der Waals surface area contributed by atoms with Crippen molar-refractivity contribution in [1.29, 1.82) is 0 Å². The van der Waals surface area contributed by atoms with Gasteiger partial charge in [-0.3, -0.25) is 4.79 Å². The van der Waals surface area contributed by atoms with Gasteiger partial charge in [-0.15, -0.1) is 5.10 Å². The zero-order valence-electron chi connectivity index (χ0n) is 7.74. The summed E-state index contributed by atoms with van der Waals surface area (Å²) >= 11 is 0. The average molecular weight is 171 g/mol. The lowest BCUT2D eigenvalue weighted by molar-refractivity contribution is 0.147. The van der Waals surface area contributed by atoms with Crippen molar-refractivity contribution in [2.45, 2.75) is 13.3 Å². The summed E-state index contributed by atoms with van der Waals surface area (Å²) in [5, 5.41) is 6.55. The third-order valence-electron chi connectivity index (χ3n) is 1.78. The second kappa shape index (κ2) is 3.10. The molecule has 0 aromatic carbocycles. The molecule has 0 aliphatic carbocycles. The highest BCUT2D eigenvalue weighted by molar-refractivity contribution is 4.70. The molecule has 0 radical (unpaired) electrons. The van der Waals surface area contributed by atoms with Crippen molar-refractivity contribution < 1.29 is 0 Å². The number of H-pyrrole nitrogens is 1. The van der Waals surface area contributed by atoms with Crippen LogP contribution in [0.15, 0.2) is 11.0 Å². The van der Waals surface area contributed by atoms with Gasteiger partial charge in [0.2, 0.25) is 0 Å². The van der Waals surface area contributed by atoms with Gasteiger partial charge in [0.05, 0.1) is 14.1 Å². The Hall–Kier alpha value is -1.10. The quantitative estimate of drug-likeness (QED) is 0.634. The van der Waals surface area contributed by atoms with Gasteiger partial charge >= 0.3 is 0 Å². The number of rotatable bonds is 3. The Morgan fingerprint density at radius 1 is 1.67 bits per heavy atom. The minimum Gasteiger partial charge on any atom is -0.266 e. The van der Waals surface area contributed by atoms with Crippen LogP contribution in [-0.2, 0) is 0 Å². The molecule has 0 fully saturated rings. The van der Waals surface area contributed by atoms with Crippen LogP contribution < -0.4 is 10.2 Å². The summed E-state index contributed by atoms with van der Waals surface area (Å²) < 4.78 is 0.554. The van der Waals surface area contributed by atoms with Gasteiger partial charge in [0.15, 0.2) is 0 Å². The van der Waals surface area contributed by atoms with Crippen LogP contribution in [0.1, 0.15) is 13.3 Å². The van der Waals surface area contributed by atoms with Crippen molar-refractivity contribution in [2.24, 2.45) is 0 Å². The topological polar surface area (TPSA) is 50.7 Å². The molecule has 1 rings (SSSR count). The lowest BCUT2D eigenvalue weighted by Gasteiger charge is -2.25. The van der Waals surface area contributed by atoms with E-state index in [1.807, 2.05) is 14.1 Å². The monoisotopic (exact) mass is 171 g/mol. The van der Waals surface area contributed by atoms with Gasteiger partial charge in [0.1, 0.15) is 12.7 Å². The second-order valence-corrected chi connectivity index (χ2v) is 3.35. The minimum absolute atomic E-state index is 0.155. The average Bonchev–Trinajstić information content (AvgIpc) is 2.36. The number of nitrogens with one attached hydrogen (secondary N) is 1. The molecule has 0 saturated carbocycles. The SMILES string of the molecule is CCC[N+](C)(C)n1ncc(=O)[nH]1. The van der Waals surface area contributed by atoms with E-state index in [4.69, 9.17) is 0 Å². The zero-order valence-corrected chi connectivity index (χ0v) is 7.74. The molecule has 1 heterocycles. The maximum atomic E-state index is 10.8. The Morgan fingerprint density at radius 2 is 2.33 bits per heavy atom. The van der Waals surface area contributed by atoms with Gasteiger partial charge in [0.25, 0.3) is 5.56 Å². The Balaban J connectivity index is 2.88. The van der Waals surface area contributed by atoms with E-state index in [1.165, 1.54) is 6.20 Å². The maximum absolute atomic E-state index is 10.8. The Kier molecular flexibility index (Phi) is 2.32. The van der Waals surface area contributed by atoms with E-state index < -0.39 is 0 Å². The highest BCUT2D eigenvalue weighted by atomic mass is 16.1. The van der Waals surface area contributed by atoms with Gasteiger partial charge < -0.3 is 0 Å². The van der Waals surface area contributed by atoms with Crippen LogP contribution in [0.4, 0.5) is 0 Å². The van der Waals surface area contributed by atoms with Gasteiger partial charge in [-0.2, -0.15) is 9.69 Å². The molecule has 0 unspecified atom stereocenters. The van der Waals surface area contributed by atoms with Crippen LogP contribution >= 0.6 is 0 Å². The lowest BCUT2D eigenvalue weighted by atomic mass is 10.4. The first-order valence-electron chi connectivity index (χ1n) is 4.04. The van der Waals surface area contributed by atoms with Crippen molar-refractivity contribution in [3.05, 3.63) is 16.6 Å². The summed E-state index contributed by atoms with van der Waals surface area (Å²) in [7, 11) is 3.98. The number of aromatic nitrogens is 3. The van der Waals surface area contributed by atoms with E-state index >= 15 is 0 Å². The molecule has 5 nitrogen and oxygen atoms in total. The molecule has 0 atom stereocenters. The highest BCUT2D eigenvalue weighted by Crippen LogP contribution is 1.92. The third-order valence-corrected chi connectivity index (χ3v) is 1.78. The van der Waals surface area contributed by atoms with Crippen molar-refractivity contribution in [2.75, 3.05) is 20.6 Å². The molecule has 0 spiro atoms. The maximum Gasteiger partial charge on any atom is 0.288 e. The Bertz CT molecular complexity index is 298. The fourth-order valence-corrected chi connectivity index (χ4v) is 1.18. The standard InChI is InChI=1S/C7H14N4O/c1-4-5-11(2,3)10-8-6-7(12)9-10/h6H,4-5H2,1-3H3/p+1. The second-order valence-electron chi connectivity index (χ2n) is 3.35. The predicted molar refractivity (Wildman–Crippen MR) is 47.4 cm³/mol. The van der Waals surface area contributed by atoms with Crippen LogP contribution in [0.5, 0.6) is 0 Å². The summed E-state index contributed by atoms with van der Waals surface area (Å²) in [5.74, 6) is 0. The van der Waals surface area contributed by atoms with E-state index in [2.05, 4.69) is 17.1 Å². The smallest absolute Gasteiger partial charge is 0.266 e. The van der Waals surface area contributed by atoms with Crippen LogP contribution in [-0.4, -0.2) is 35.7 Å². The summed E-state index contributed by atoms with van der Waals surface area (Å²) in [6.07, 6.45) is 2.34. The summed E-state index contributed by atoms with van der Waals surface area (Å²) in [5.41, 5.74) is -0.155. The number of quaternary nitrogens is 1. The van der Waals surface area contributed by atoms with Crippen molar-refractivity contribution in [3.63, 3.8) is 0 Å².